The highest BCUT2D eigenvalue weighted by molar-refractivity contribution is 5.70. The molecule has 31 unspecified atom stereocenters. The van der Waals surface area contributed by atoms with Crippen molar-refractivity contribution >= 4 is 5.97 Å². The van der Waals surface area contributed by atoms with Crippen LogP contribution >= 0.6 is 0 Å². The normalized spacial score (nSPS) is 56.3. The molecule has 12 bridgehead atoms. The van der Waals surface area contributed by atoms with Gasteiger partial charge in [-0.05, 0) is 113 Å². The maximum absolute atomic E-state index is 14.6. The van der Waals surface area contributed by atoms with Gasteiger partial charge < -0.3 is 76.0 Å². The third-order valence-corrected chi connectivity index (χ3v) is 22.7. The molecule has 0 amide bonds. The van der Waals surface area contributed by atoms with E-state index in [9.17, 15) is 4.79 Å². The molecule has 16 heterocycles. The SMILES string of the molecule is C=C1CC2CCC34CC5OC6C(OC7CCC(CC(=O)OC8C(CC9OC(CCC1O2)CC(C)C9=C)OC1CC2OC9(CC2OC1C8C)CC1OC2(CC(C)C8OC(C(C)CCCN(C)C)CC8O2)CC(C)C1O9)OC7C6O3)C5O4. The standard InChI is InChI=1S/C63H93NO16/c1-30(11-10-18-64(8)9)42-22-47-52(71-42)33(4)25-62(76-47)26-34(5)53-50(77-62)29-63(78-53)27-48-44(75-63)24-46-54(72-48)36(7)55-45(69-46)23-43-35(6)31(2)19-37(67-43)12-14-40-32(3)20-39(66-40)16-17-61-28-49-57(79-61)58-59(73-49)60(80-61)56-41(70-58)15-13-38(68-56)21-51(65)74-55/h30-31,33-34,36-50,52-60H,3,6,10-29H2,1-2,4-5,7-9H3. The van der Waals surface area contributed by atoms with Crippen LogP contribution in [0.15, 0.2) is 24.3 Å². The van der Waals surface area contributed by atoms with Gasteiger partial charge in [-0.1, -0.05) is 47.8 Å². The van der Waals surface area contributed by atoms with Gasteiger partial charge >= 0.3 is 5.97 Å². The fraction of sp³-hybridized carbons (Fsp3) is 0.921. The van der Waals surface area contributed by atoms with Crippen LogP contribution in [0.1, 0.15) is 157 Å². The van der Waals surface area contributed by atoms with Crippen LogP contribution < -0.4 is 0 Å². The summed E-state index contributed by atoms with van der Waals surface area (Å²) < 4.78 is 105. The Kier molecular flexibility index (Phi) is 14.3. The van der Waals surface area contributed by atoms with Crippen LogP contribution in [0.3, 0.4) is 0 Å². The molecule has 0 saturated carbocycles. The van der Waals surface area contributed by atoms with E-state index in [4.69, 9.17) is 71.1 Å². The van der Waals surface area contributed by atoms with Gasteiger partial charge in [0.25, 0.3) is 0 Å². The summed E-state index contributed by atoms with van der Waals surface area (Å²) in [5.41, 5.74) is 2.19. The number of hydrogen-bond donors (Lipinski definition) is 0. The number of rotatable bonds is 5. The first-order valence-electron chi connectivity index (χ1n) is 32.0. The van der Waals surface area contributed by atoms with E-state index in [0.29, 0.717) is 56.8 Å². The van der Waals surface area contributed by atoms with Gasteiger partial charge in [0.05, 0.1) is 110 Å². The fourth-order valence-corrected chi connectivity index (χ4v) is 18.7. The van der Waals surface area contributed by atoms with E-state index in [0.717, 1.165) is 88.3 Å². The molecule has 3 spiro atoms. The molecule has 16 aliphatic rings. The molecule has 0 aromatic carbocycles. The van der Waals surface area contributed by atoms with Crippen molar-refractivity contribution < 1.29 is 75.8 Å². The van der Waals surface area contributed by atoms with Crippen LogP contribution in [0.2, 0.25) is 0 Å². The number of fused-ring (bicyclic) bond motifs is 10. The highest BCUT2D eigenvalue weighted by Gasteiger charge is 2.70. The molecule has 16 aliphatic heterocycles. The Hall–Kier alpha value is -1.65. The number of carbonyl (C=O) groups is 1. The van der Waals surface area contributed by atoms with Crippen LogP contribution in [-0.4, -0.2) is 189 Å². The first-order chi connectivity index (χ1) is 38.4. The molecular formula is C63H93NO16. The minimum absolute atomic E-state index is 0.00315. The smallest absolute Gasteiger partial charge is 0.308 e. The van der Waals surface area contributed by atoms with E-state index in [1.165, 1.54) is 0 Å². The van der Waals surface area contributed by atoms with Crippen LogP contribution in [0.25, 0.3) is 0 Å². The van der Waals surface area contributed by atoms with Gasteiger partial charge in [0.2, 0.25) is 0 Å². The van der Waals surface area contributed by atoms with Gasteiger partial charge in [0.15, 0.2) is 17.4 Å². The first kappa shape index (κ1) is 55.0. The monoisotopic (exact) mass is 1120 g/mol. The van der Waals surface area contributed by atoms with Crippen molar-refractivity contribution in [3.63, 3.8) is 0 Å². The van der Waals surface area contributed by atoms with Gasteiger partial charge in [0.1, 0.15) is 36.6 Å². The number of nitrogens with zero attached hydrogens (tertiary/aromatic N) is 1. The second kappa shape index (κ2) is 20.8. The van der Waals surface area contributed by atoms with E-state index in [-0.39, 0.29) is 152 Å². The highest BCUT2D eigenvalue weighted by Crippen LogP contribution is 2.58. The largest absolute Gasteiger partial charge is 0.459 e. The highest BCUT2D eigenvalue weighted by atomic mass is 16.8. The Bertz CT molecular complexity index is 2360. The van der Waals surface area contributed by atoms with Crippen molar-refractivity contribution in [2.45, 2.75) is 314 Å². The van der Waals surface area contributed by atoms with Gasteiger partial charge in [-0.3, -0.25) is 4.79 Å². The molecule has 17 heteroatoms. The second-order valence-electron chi connectivity index (χ2n) is 28.8. The van der Waals surface area contributed by atoms with Crippen LogP contribution in [0.4, 0.5) is 0 Å². The minimum atomic E-state index is -0.850. The van der Waals surface area contributed by atoms with Gasteiger partial charge in [-0.15, -0.1) is 0 Å². The lowest BCUT2D eigenvalue weighted by Crippen LogP contribution is -2.62. The zero-order chi connectivity index (χ0) is 54.7. The molecule has 31 atom stereocenters. The molecular weight excluding hydrogens is 1030 g/mol. The molecule has 80 heavy (non-hydrogen) atoms. The Labute approximate surface area is 474 Å². The Morgan fingerprint density at radius 2 is 1.19 bits per heavy atom. The lowest BCUT2D eigenvalue weighted by atomic mass is 9.79. The van der Waals surface area contributed by atoms with Crippen molar-refractivity contribution in [3.05, 3.63) is 24.3 Å². The summed E-state index contributed by atoms with van der Waals surface area (Å²) in [7, 11) is 4.28. The fourth-order valence-electron chi connectivity index (χ4n) is 18.7. The van der Waals surface area contributed by atoms with Gasteiger partial charge in [-0.2, -0.15) is 0 Å². The van der Waals surface area contributed by atoms with Crippen molar-refractivity contribution in [1.29, 1.82) is 0 Å². The quantitative estimate of drug-likeness (QED) is 0.194. The summed E-state index contributed by atoms with van der Waals surface area (Å²) in [6.45, 7) is 21.6. The Morgan fingerprint density at radius 1 is 0.512 bits per heavy atom. The number of ether oxygens (including phenoxy) is 15. The molecule has 16 rings (SSSR count). The molecule has 0 aromatic rings. The zero-order valence-electron chi connectivity index (χ0n) is 48.7. The van der Waals surface area contributed by atoms with E-state index in [1.54, 1.807) is 0 Å². The molecule has 446 valence electrons. The predicted molar refractivity (Wildman–Crippen MR) is 287 cm³/mol. The second-order valence-corrected chi connectivity index (χ2v) is 28.8. The zero-order valence-corrected chi connectivity index (χ0v) is 48.7. The van der Waals surface area contributed by atoms with Crippen LogP contribution in [0.5, 0.6) is 0 Å². The summed E-state index contributed by atoms with van der Waals surface area (Å²) in [6, 6.07) is 0. The van der Waals surface area contributed by atoms with Gasteiger partial charge in [0, 0.05) is 63.7 Å². The summed E-state index contributed by atoms with van der Waals surface area (Å²) in [4.78, 5) is 16.9. The summed E-state index contributed by atoms with van der Waals surface area (Å²) >= 11 is 0. The topological polar surface area (TPSA) is 159 Å². The third kappa shape index (κ3) is 9.70. The maximum Gasteiger partial charge on any atom is 0.308 e. The molecule has 16 fully saturated rings. The lowest BCUT2D eigenvalue weighted by Gasteiger charge is -2.51. The predicted octanol–water partition coefficient (Wildman–Crippen LogP) is 7.80. The molecule has 0 N–H and O–H groups in total. The average molecular weight is 1120 g/mol. The Morgan fingerprint density at radius 3 is 2.04 bits per heavy atom. The summed E-state index contributed by atoms with van der Waals surface area (Å²) in [5.74, 6) is -1.63. The Balaban J connectivity index is 0.648. The minimum Gasteiger partial charge on any atom is -0.459 e. The van der Waals surface area contributed by atoms with Crippen molar-refractivity contribution in [1.82, 2.24) is 4.90 Å². The van der Waals surface area contributed by atoms with Crippen molar-refractivity contribution in [2.24, 2.45) is 29.6 Å². The van der Waals surface area contributed by atoms with E-state index < -0.39 is 35.7 Å². The average Bonchev–Trinajstić information content (AvgIpc) is 4.46. The number of carbonyl (C=O) groups excluding carboxylic acids is 1. The van der Waals surface area contributed by atoms with Crippen LogP contribution in [0, 0.1) is 29.6 Å². The first-order valence-corrected chi connectivity index (χ1v) is 32.0. The number of esters is 1. The maximum atomic E-state index is 14.6. The van der Waals surface area contributed by atoms with Crippen molar-refractivity contribution in [3.8, 4) is 0 Å². The third-order valence-electron chi connectivity index (χ3n) is 22.7. The van der Waals surface area contributed by atoms with Crippen LogP contribution in [-0.2, 0) is 75.8 Å². The molecule has 0 radical (unpaired) electrons. The van der Waals surface area contributed by atoms with E-state index in [2.05, 4.69) is 66.8 Å². The molecule has 16 saturated heterocycles. The van der Waals surface area contributed by atoms with Gasteiger partial charge in [-0.25, -0.2) is 0 Å². The van der Waals surface area contributed by atoms with E-state index >= 15 is 0 Å². The number of hydrogen-bond acceptors (Lipinski definition) is 17. The molecule has 17 nitrogen and oxygen atoms in total. The lowest BCUT2D eigenvalue weighted by molar-refractivity contribution is -0.347. The van der Waals surface area contributed by atoms with E-state index in [1.807, 2.05) is 0 Å². The summed E-state index contributed by atoms with van der Waals surface area (Å²) in [6.07, 6.45) is 9.50. The summed E-state index contributed by atoms with van der Waals surface area (Å²) in [5, 5.41) is 0. The molecule has 0 aliphatic carbocycles. The molecule has 0 aromatic heterocycles. The van der Waals surface area contributed by atoms with Crippen molar-refractivity contribution in [2.75, 3.05) is 20.6 Å².